The average molecular weight is 552 g/mol. The van der Waals surface area contributed by atoms with Gasteiger partial charge in [-0.2, -0.15) is 0 Å². The van der Waals surface area contributed by atoms with Crippen molar-refractivity contribution in [1.82, 2.24) is 15.2 Å². The molecule has 3 aromatic rings. The fourth-order valence-corrected chi connectivity index (χ4v) is 5.26. The summed E-state index contributed by atoms with van der Waals surface area (Å²) in [7, 11) is 0. The fraction of sp³-hybridized carbons (Fsp3) is 0.321. The Morgan fingerprint density at radius 2 is 1.97 bits per heavy atom. The van der Waals surface area contributed by atoms with Crippen molar-refractivity contribution in [3.63, 3.8) is 0 Å². The maximum atomic E-state index is 13.5. The number of nitrogens with two attached hydrogens (primary N) is 1. The molecule has 206 valence electrons. The lowest BCUT2D eigenvalue weighted by Crippen LogP contribution is -2.53. The Labute approximate surface area is 231 Å². The molecule has 1 aromatic heterocycles. The molecule has 1 aliphatic heterocycles. The molecule has 10 nitrogen and oxygen atoms in total. The molecule has 39 heavy (non-hydrogen) atoms. The Morgan fingerprint density at radius 1 is 1.23 bits per heavy atom. The van der Waals surface area contributed by atoms with E-state index in [1.807, 2.05) is 49.4 Å². The lowest BCUT2D eigenvalue weighted by Gasteiger charge is -2.38. The number of nitrogens with zero attached hydrogens (tertiary/aromatic N) is 2. The summed E-state index contributed by atoms with van der Waals surface area (Å²) in [5, 5.41) is 29.5. The van der Waals surface area contributed by atoms with E-state index in [9.17, 15) is 19.8 Å². The topological polar surface area (TPSA) is 168 Å². The summed E-state index contributed by atoms with van der Waals surface area (Å²) in [5.74, 6) is -1.59. The molecule has 0 aliphatic carbocycles. The van der Waals surface area contributed by atoms with Crippen molar-refractivity contribution >= 4 is 34.0 Å². The van der Waals surface area contributed by atoms with E-state index < -0.39 is 36.1 Å². The molecule has 11 heteroatoms. The largest absolute Gasteiger partial charge is 0.380 e. The van der Waals surface area contributed by atoms with Crippen LogP contribution in [-0.2, 0) is 16.0 Å². The van der Waals surface area contributed by atoms with E-state index in [1.165, 1.54) is 16.2 Å². The van der Waals surface area contributed by atoms with Crippen LogP contribution in [0, 0.1) is 6.92 Å². The van der Waals surface area contributed by atoms with Gasteiger partial charge in [0.25, 0.3) is 11.8 Å². The normalized spacial score (nSPS) is 17.4. The van der Waals surface area contributed by atoms with Crippen LogP contribution in [0.1, 0.15) is 47.0 Å². The third kappa shape index (κ3) is 6.45. The number of nitrogen functional groups attached to an aromatic ring is 1. The smallest absolute Gasteiger partial charge is 0.255 e. The number of nitrogens with one attached hydrogen (secondary N) is 2. The number of benzene rings is 2. The number of hydrogen-bond acceptors (Lipinski definition) is 8. The molecule has 0 unspecified atom stereocenters. The SMILES string of the molecule is Cc1ccc2c(c1)CCN(C(=O)[C@H](O)[C@@H](O)C(=O)N[C@H](C)c1ccc(N/C=C\C[NH3+])cc1)[C@@H]2c1csc(N)n1. The number of anilines is 2. The number of amides is 2. The van der Waals surface area contributed by atoms with E-state index in [2.05, 4.69) is 27.4 Å². The molecule has 1 aliphatic rings. The first kappa shape index (κ1) is 28.2. The van der Waals surface area contributed by atoms with Crippen LogP contribution in [0.2, 0.25) is 0 Å². The molecule has 2 amide bonds. The minimum Gasteiger partial charge on any atom is -0.380 e. The molecule has 0 radical (unpaired) electrons. The molecule has 4 atom stereocenters. The highest BCUT2D eigenvalue weighted by Crippen LogP contribution is 2.37. The lowest BCUT2D eigenvalue weighted by molar-refractivity contribution is -0.352. The highest BCUT2D eigenvalue weighted by Gasteiger charge is 2.40. The van der Waals surface area contributed by atoms with Gasteiger partial charge in [0, 0.05) is 23.8 Å². The summed E-state index contributed by atoms with van der Waals surface area (Å²) in [6, 6.07) is 12.3. The Morgan fingerprint density at radius 3 is 2.64 bits per heavy atom. The number of hydrogen-bond donors (Lipinski definition) is 6. The van der Waals surface area contributed by atoms with Gasteiger partial charge in [-0.25, -0.2) is 4.98 Å². The van der Waals surface area contributed by atoms with Crippen LogP contribution in [0.15, 0.2) is 60.1 Å². The number of thiazole rings is 1. The third-order valence-electron chi connectivity index (χ3n) is 6.75. The van der Waals surface area contributed by atoms with Crippen molar-refractivity contribution in [2.24, 2.45) is 0 Å². The molecular formula is C28H35N6O4S+. The van der Waals surface area contributed by atoms with Gasteiger partial charge < -0.3 is 37.2 Å². The summed E-state index contributed by atoms with van der Waals surface area (Å²) in [4.78, 5) is 32.2. The van der Waals surface area contributed by atoms with Crippen LogP contribution in [0.3, 0.4) is 0 Å². The Balaban J connectivity index is 1.46. The van der Waals surface area contributed by atoms with Crippen LogP contribution < -0.4 is 22.1 Å². The molecule has 0 spiro atoms. The van der Waals surface area contributed by atoms with E-state index in [0.29, 0.717) is 30.3 Å². The van der Waals surface area contributed by atoms with Crippen molar-refractivity contribution in [3.05, 3.63) is 88.1 Å². The maximum absolute atomic E-state index is 13.5. The highest BCUT2D eigenvalue weighted by molar-refractivity contribution is 7.13. The number of aromatic nitrogens is 1. The standard InChI is InChI=1S/C28H34N6O4S/c1-16-4-9-21-19(14-16)10-13-34(23(21)22-15-39-28(30)33-22)27(38)25(36)24(35)26(37)32-17(2)18-5-7-20(8-6-18)31-12-3-11-29/h3-9,12,14-15,17,23-25,31,35-36H,10-11,13,29H2,1-2H3,(H2,30,33)(H,32,37)/p+1/b12-3-/t17-,23+,24-,25-/m1/s1. The number of carbonyl (C=O) groups is 2. The molecule has 2 aromatic carbocycles. The first-order valence-corrected chi connectivity index (χ1v) is 13.7. The van der Waals surface area contributed by atoms with E-state index in [1.54, 1.807) is 18.5 Å². The summed E-state index contributed by atoms with van der Waals surface area (Å²) >= 11 is 1.26. The lowest BCUT2D eigenvalue weighted by atomic mass is 9.89. The number of aliphatic hydroxyl groups is 2. The monoisotopic (exact) mass is 551 g/mol. The van der Waals surface area contributed by atoms with Crippen molar-refractivity contribution < 1.29 is 25.5 Å². The number of aryl methyl sites for hydroxylation is 1. The van der Waals surface area contributed by atoms with Gasteiger partial charge in [-0.15, -0.1) is 11.3 Å². The summed E-state index contributed by atoms with van der Waals surface area (Å²) in [6.07, 6.45) is 0.366. The van der Waals surface area contributed by atoms with Gasteiger partial charge in [0.2, 0.25) is 0 Å². The van der Waals surface area contributed by atoms with Gasteiger partial charge in [0.1, 0.15) is 6.04 Å². The summed E-state index contributed by atoms with van der Waals surface area (Å²) in [5.41, 5.74) is 14.9. The summed E-state index contributed by atoms with van der Waals surface area (Å²) in [6.45, 7) is 4.73. The molecule has 4 rings (SSSR count). The van der Waals surface area contributed by atoms with Crippen LogP contribution in [0.25, 0.3) is 0 Å². The van der Waals surface area contributed by atoms with Gasteiger partial charge >= 0.3 is 0 Å². The van der Waals surface area contributed by atoms with Gasteiger partial charge in [-0.1, -0.05) is 35.9 Å². The number of quaternary nitrogens is 1. The Kier molecular flexibility index (Phi) is 8.97. The van der Waals surface area contributed by atoms with Crippen LogP contribution >= 0.6 is 11.3 Å². The predicted octanol–water partition coefficient (Wildman–Crippen LogP) is 1.27. The Hall–Kier alpha value is -3.77. The van der Waals surface area contributed by atoms with Gasteiger partial charge in [0.15, 0.2) is 17.3 Å². The fourth-order valence-electron chi connectivity index (χ4n) is 4.68. The Bertz CT molecular complexity index is 1340. The summed E-state index contributed by atoms with van der Waals surface area (Å²) < 4.78 is 0. The predicted molar refractivity (Wildman–Crippen MR) is 150 cm³/mol. The van der Waals surface area contributed by atoms with E-state index in [4.69, 9.17) is 5.73 Å². The molecule has 2 heterocycles. The molecule has 0 fully saturated rings. The quantitative estimate of drug-likeness (QED) is 0.233. The number of carbonyl (C=O) groups excluding carboxylic acids is 2. The second-order valence-corrected chi connectivity index (χ2v) is 10.5. The number of aliphatic hydroxyl groups excluding tert-OH is 2. The third-order valence-corrected chi connectivity index (χ3v) is 7.45. The van der Waals surface area contributed by atoms with Gasteiger partial charge in [-0.3, -0.25) is 9.59 Å². The zero-order valence-corrected chi connectivity index (χ0v) is 22.8. The second-order valence-electron chi connectivity index (χ2n) is 9.57. The molecule has 0 bridgehead atoms. The van der Waals surface area contributed by atoms with Crippen molar-refractivity contribution in [2.75, 3.05) is 24.1 Å². The highest BCUT2D eigenvalue weighted by atomic mass is 32.1. The molecular weight excluding hydrogens is 516 g/mol. The first-order valence-electron chi connectivity index (χ1n) is 12.8. The second kappa shape index (κ2) is 12.4. The van der Waals surface area contributed by atoms with Crippen molar-refractivity contribution in [3.8, 4) is 0 Å². The minimum absolute atomic E-state index is 0.295. The molecule has 9 N–H and O–H groups in total. The number of rotatable bonds is 9. The first-order chi connectivity index (χ1) is 18.7. The van der Waals surface area contributed by atoms with Crippen molar-refractivity contribution in [2.45, 2.75) is 44.6 Å². The zero-order valence-electron chi connectivity index (χ0n) is 22.0. The van der Waals surface area contributed by atoms with E-state index in [-0.39, 0.29) is 0 Å². The zero-order chi connectivity index (χ0) is 28.1. The van der Waals surface area contributed by atoms with Crippen LogP contribution in [0.4, 0.5) is 10.8 Å². The van der Waals surface area contributed by atoms with Crippen LogP contribution in [0.5, 0.6) is 0 Å². The molecule has 0 saturated heterocycles. The van der Waals surface area contributed by atoms with Crippen molar-refractivity contribution in [1.29, 1.82) is 0 Å². The van der Waals surface area contributed by atoms with Crippen LogP contribution in [-0.4, -0.2) is 57.2 Å². The number of fused-ring (bicyclic) bond motifs is 1. The van der Waals surface area contributed by atoms with E-state index >= 15 is 0 Å². The average Bonchev–Trinajstić information content (AvgIpc) is 3.37. The molecule has 0 saturated carbocycles. The van der Waals surface area contributed by atoms with E-state index in [0.717, 1.165) is 27.9 Å². The minimum atomic E-state index is -1.95. The van der Waals surface area contributed by atoms with Gasteiger partial charge in [-0.05, 0) is 55.2 Å². The van der Waals surface area contributed by atoms with Gasteiger partial charge in [0.05, 0.1) is 18.3 Å². The maximum Gasteiger partial charge on any atom is 0.255 e.